The molecule has 1 atom stereocenters. The number of nitrogens with zero attached hydrogens (tertiary/aromatic N) is 2. The Hall–Kier alpha value is -1.94. The normalized spacial score (nSPS) is 18.0. The number of para-hydroxylation sites is 1. The fraction of sp³-hybridized carbons (Fsp3) is 0.588. The third kappa shape index (κ3) is 6.31. The highest BCUT2D eigenvalue weighted by atomic mass is 32.2. The smallest absolute Gasteiger partial charge is 0.211 e. The van der Waals surface area contributed by atoms with Gasteiger partial charge >= 0.3 is 0 Å². The van der Waals surface area contributed by atoms with E-state index in [9.17, 15) is 17.2 Å². The lowest BCUT2D eigenvalue weighted by Gasteiger charge is -2.21. The van der Waals surface area contributed by atoms with Gasteiger partial charge < -0.3 is 15.5 Å². The van der Waals surface area contributed by atoms with Crippen LogP contribution in [0.1, 0.15) is 20.3 Å². The van der Waals surface area contributed by atoms with Gasteiger partial charge in [-0.3, -0.25) is 4.99 Å². The van der Waals surface area contributed by atoms with E-state index >= 15 is 0 Å². The first-order chi connectivity index (χ1) is 12.9. The van der Waals surface area contributed by atoms with E-state index in [4.69, 9.17) is 0 Å². The molecule has 0 bridgehead atoms. The maximum absolute atomic E-state index is 13.9. The summed E-state index contributed by atoms with van der Waals surface area (Å²) in [5.41, 5.74) is -0.00212. The predicted octanol–water partition coefficient (Wildman–Crippen LogP) is 1.04. The third-order valence-electron chi connectivity index (χ3n) is 4.21. The fourth-order valence-electron chi connectivity index (χ4n) is 2.86. The molecule has 1 aromatic rings. The number of anilines is 1. The summed E-state index contributed by atoms with van der Waals surface area (Å²) in [4.78, 5) is 6.03. The topological polar surface area (TPSA) is 85.8 Å². The van der Waals surface area contributed by atoms with Crippen LogP contribution in [0.2, 0.25) is 0 Å². The highest BCUT2D eigenvalue weighted by Gasteiger charge is 2.27. The van der Waals surface area contributed by atoms with Crippen molar-refractivity contribution in [2.24, 2.45) is 4.99 Å². The highest BCUT2D eigenvalue weighted by molar-refractivity contribution is 7.89. The molecule has 10 heteroatoms. The minimum atomic E-state index is -3.24. The Balaban J connectivity index is 1.92. The number of aliphatic imine (C=N–C) groups is 1. The minimum Gasteiger partial charge on any atom is -0.365 e. The summed E-state index contributed by atoms with van der Waals surface area (Å²) in [5, 5.41) is 6.34. The first-order valence-electron chi connectivity index (χ1n) is 9.07. The number of guanidine groups is 1. The summed E-state index contributed by atoms with van der Waals surface area (Å²) in [6, 6.07) is 3.83. The molecule has 0 amide bonds. The van der Waals surface area contributed by atoms with Gasteiger partial charge in [0.05, 0.1) is 12.3 Å². The molecule has 2 rings (SSSR count). The number of halogens is 2. The van der Waals surface area contributed by atoms with Crippen molar-refractivity contribution in [3.8, 4) is 0 Å². The number of hydrogen-bond donors (Lipinski definition) is 3. The number of hydrogen-bond acceptors (Lipinski definition) is 4. The molecule has 1 aliphatic rings. The number of sulfonamides is 1. The maximum atomic E-state index is 13.9. The molecule has 1 fully saturated rings. The van der Waals surface area contributed by atoms with Crippen LogP contribution in [0.4, 0.5) is 14.5 Å². The van der Waals surface area contributed by atoms with E-state index in [0.717, 1.165) is 0 Å². The first kappa shape index (κ1) is 21.4. The van der Waals surface area contributed by atoms with E-state index in [1.54, 1.807) is 11.8 Å². The van der Waals surface area contributed by atoms with Crippen molar-refractivity contribution in [3.63, 3.8) is 0 Å². The van der Waals surface area contributed by atoms with E-state index in [2.05, 4.69) is 20.3 Å². The molecule has 0 radical (unpaired) electrons. The van der Waals surface area contributed by atoms with Crippen molar-refractivity contribution in [3.05, 3.63) is 29.8 Å². The Bertz CT molecular complexity index is 737. The third-order valence-corrected chi connectivity index (χ3v) is 5.61. The second-order valence-corrected chi connectivity index (χ2v) is 8.30. The Morgan fingerprint density at radius 2 is 2.00 bits per heavy atom. The number of benzene rings is 1. The summed E-state index contributed by atoms with van der Waals surface area (Å²) in [6.07, 6.45) is 0.709. The Kier molecular flexibility index (Phi) is 7.78. The van der Waals surface area contributed by atoms with Crippen LogP contribution in [0.5, 0.6) is 0 Å². The monoisotopic (exact) mass is 403 g/mol. The summed E-state index contributed by atoms with van der Waals surface area (Å²) in [6.45, 7) is 5.62. The summed E-state index contributed by atoms with van der Waals surface area (Å²) in [5.74, 6) is -0.563. The molecule has 0 saturated carbocycles. The van der Waals surface area contributed by atoms with Gasteiger partial charge in [-0.1, -0.05) is 6.07 Å². The molecule has 0 spiro atoms. The van der Waals surface area contributed by atoms with Crippen molar-refractivity contribution < 1.29 is 17.2 Å². The van der Waals surface area contributed by atoms with Crippen molar-refractivity contribution in [2.45, 2.75) is 26.3 Å². The van der Waals surface area contributed by atoms with Crippen LogP contribution in [-0.2, 0) is 10.0 Å². The molecule has 1 saturated heterocycles. The van der Waals surface area contributed by atoms with E-state index < -0.39 is 21.7 Å². The number of rotatable bonds is 8. The van der Waals surface area contributed by atoms with Crippen molar-refractivity contribution in [1.82, 2.24) is 15.4 Å². The Labute approximate surface area is 159 Å². The van der Waals surface area contributed by atoms with Crippen LogP contribution in [-0.4, -0.2) is 58.9 Å². The summed E-state index contributed by atoms with van der Waals surface area (Å²) >= 11 is 0. The lowest BCUT2D eigenvalue weighted by atomic mass is 10.2. The molecule has 0 aliphatic carbocycles. The van der Waals surface area contributed by atoms with Crippen molar-refractivity contribution in [1.29, 1.82) is 0 Å². The Morgan fingerprint density at radius 1 is 1.30 bits per heavy atom. The van der Waals surface area contributed by atoms with Gasteiger partial charge in [0.15, 0.2) is 5.96 Å². The molecule has 1 aliphatic heterocycles. The van der Waals surface area contributed by atoms with E-state index in [0.29, 0.717) is 32.0 Å². The lowest BCUT2D eigenvalue weighted by molar-refractivity contribution is 0.575. The van der Waals surface area contributed by atoms with Gasteiger partial charge in [-0.2, -0.15) is 0 Å². The summed E-state index contributed by atoms with van der Waals surface area (Å²) in [7, 11) is -3.24. The van der Waals surface area contributed by atoms with Crippen molar-refractivity contribution in [2.75, 3.05) is 43.4 Å². The zero-order valence-corrected chi connectivity index (χ0v) is 16.5. The Morgan fingerprint density at radius 3 is 2.63 bits per heavy atom. The second-order valence-electron chi connectivity index (χ2n) is 6.20. The molecule has 152 valence electrons. The van der Waals surface area contributed by atoms with Gasteiger partial charge in [-0.25, -0.2) is 21.9 Å². The van der Waals surface area contributed by atoms with Crippen LogP contribution < -0.4 is 20.3 Å². The predicted molar refractivity (Wildman–Crippen MR) is 104 cm³/mol. The van der Waals surface area contributed by atoms with Gasteiger partial charge in [-0.05, 0) is 32.4 Å². The van der Waals surface area contributed by atoms with Crippen LogP contribution in [0.25, 0.3) is 0 Å². The minimum absolute atomic E-state index is 0.00212. The van der Waals surface area contributed by atoms with E-state index in [-0.39, 0.29) is 30.6 Å². The highest BCUT2D eigenvalue weighted by Crippen LogP contribution is 2.26. The van der Waals surface area contributed by atoms with Gasteiger partial charge in [0.25, 0.3) is 0 Å². The molecule has 0 aromatic heterocycles. The van der Waals surface area contributed by atoms with E-state index in [1.165, 1.54) is 18.2 Å². The molecule has 27 heavy (non-hydrogen) atoms. The van der Waals surface area contributed by atoms with Crippen LogP contribution in [0.3, 0.4) is 0 Å². The number of nitrogens with one attached hydrogen (secondary N) is 3. The van der Waals surface area contributed by atoms with E-state index in [1.807, 2.05) is 6.92 Å². The lowest BCUT2D eigenvalue weighted by Crippen LogP contribution is -2.45. The SMILES string of the molecule is CCNC(=NCCNS(=O)(=O)CC)NC1CCN(c2c(F)cccc2F)C1. The van der Waals surface area contributed by atoms with Gasteiger partial charge in [0.1, 0.15) is 17.3 Å². The average Bonchev–Trinajstić information content (AvgIpc) is 3.07. The van der Waals surface area contributed by atoms with Gasteiger partial charge in [-0.15, -0.1) is 0 Å². The fourth-order valence-corrected chi connectivity index (χ4v) is 3.46. The summed E-state index contributed by atoms with van der Waals surface area (Å²) < 4.78 is 53.2. The van der Waals surface area contributed by atoms with Crippen LogP contribution in [0.15, 0.2) is 23.2 Å². The molecule has 1 unspecified atom stereocenters. The standard InChI is InChI=1S/C17H27F2N5O2S/c1-3-20-17(21-9-10-22-27(25,26)4-2)23-13-8-11-24(12-13)16-14(18)6-5-7-15(16)19/h5-7,13,22H,3-4,8-12H2,1-2H3,(H2,20,21,23). The molecular formula is C17H27F2N5O2S. The molecule has 1 heterocycles. The molecular weight excluding hydrogens is 376 g/mol. The second kappa shape index (κ2) is 9.84. The van der Waals surface area contributed by atoms with Crippen LogP contribution >= 0.6 is 0 Å². The van der Waals surface area contributed by atoms with Gasteiger partial charge in [0.2, 0.25) is 10.0 Å². The van der Waals surface area contributed by atoms with Gasteiger partial charge in [0, 0.05) is 32.2 Å². The first-order valence-corrected chi connectivity index (χ1v) is 10.7. The molecule has 7 nitrogen and oxygen atoms in total. The average molecular weight is 403 g/mol. The zero-order valence-electron chi connectivity index (χ0n) is 15.6. The van der Waals surface area contributed by atoms with Crippen LogP contribution in [0, 0.1) is 11.6 Å². The maximum Gasteiger partial charge on any atom is 0.211 e. The zero-order chi connectivity index (χ0) is 19.9. The largest absolute Gasteiger partial charge is 0.365 e. The molecule has 1 aromatic carbocycles. The van der Waals surface area contributed by atoms with Crippen molar-refractivity contribution >= 4 is 21.7 Å². The quantitative estimate of drug-likeness (QED) is 0.343. The molecule has 3 N–H and O–H groups in total.